The minimum absolute atomic E-state index is 0.104. The molecule has 0 spiro atoms. The molecule has 4 rings (SSSR count). The molecule has 6 atom stereocenters. The van der Waals surface area contributed by atoms with Crippen LogP contribution in [0.15, 0.2) is 18.3 Å². The second kappa shape index (κ2) is 15.7. The lowest BCUT2D eigenvalue weighted by molar-refractivity contribution is -0.212. The minimum Gasteiger partial charge on any atom is -0.463 e. The molecule has 1 N–H and O–H groups in total. The van der Waals surface area contributed by atoms with Crippen LogP contribution in [-0.2, 0) is 42.9 Å². The highest BCUT2D eigenvalue weighted by molar-refractivity contribution is 8.01. The lowest BCUT2D eigenvalue weighted by Gasteiger charge is -2.47. The maximum atomic E-state index is 14.1. The van der Waals surface area contributed by atoms with Gasteiger partial charge in [0.15, 0.2) is 29.7 Å². The molecule has 2 saturated heterocycles. The molecule has 1 amide bonds. The maximum absolute atomic E-state index is 14.1. The van der Waals surface area contributed by atoms with Crippen LogP contribution in [-0.4, -0.2) is 117 Å². The van der Waals surface area contributed by atoms with Crippen molar-refractivity contribution in [3.05, 3.63) is 35.8 Å². The summed E-state index contributed by atoms with van der Waals surface area (Å²) in [5, 5.41) is 18.6. The Morgan fingerprint density at radius 1 is 1.06 bits per heavy atom. The molecular formula is C30H37F3N4O10S. The van der Waals surface area contributed by atoms with Crippen molar-refractivity contribution in [2.45, 2.75) is 81.2 Å². The number of halogens is 3. The van der Waals surface area contributed by atoms with Crippen LogP contribution in [0.1, 0.15) is 46.6 Å². The van der Waals surface area contributed by atoms with Crippen LogP contribution < -0.4 is 0 Å². The van der Waals surface area contributed by atoms with Crippen LogP contribution in [0, 0.1) is 17.5 Å². The summed E-state index contributed by atoms with van der Waals surface area (Å²) in [6.07, 6.45) is -2.62. The first-order valence-electron chi connectivity index (χ1n) is 15.1. The van der Waals surface area contributed by atoms with Crippen molar-refractivity contribution in [3.8, 4) is 11.3 Å². The summed E-state index contributed by atoms with van der Waals surface area (Å²) in [5.74, 6) is -7.38. The Morgan fingerprint density at radius 2 is 1.67 bits per heavy atom. The molecule has 1 aromatic heterocycles. The van der Waals surface area contributed by atoms with E-state index in [-0.39, 0.29) is 37.3 Å². The molecule has 1 aromatic carbocycles. The van der Waals surface area contributed by atoms with Crippen LogP contribution in [0.4, 0.5) is 13.2 Å². The van der Waals surface area contributed by atoms with Crippen molar-refractivity contribution in [3.63, 3.8) is 0 Å². The molecule has 14 nitrogen and oxygen atoms in total. The number of ether oxygens (including phenoxy) is 5. The summed E-state index contributed by atoms with van der Waals surface area (Å²) in [5.41, 5.74) is -3.17. The van der Waals surface area contributed by atoms with Gasteiger partial charge in [-0.2, -0.15) is 0 Å². The topological polar surface area (TPSA) is 169 Å². The second-order valence-electron chi connectivity index (χ2n) is 11.4. The molecule has 48 heavy (non-hydrogen) atoms. The van der Waals surface area contributed by atoms with E-state index in [2.05, 4.69) is 10.3 Å². The Balaban J connectivity index is 1.85. The molecule has 3 heterocycles. The fraction of sp³-hybridized carbons (Fsp3) is 0.600. The summed E-state index contributed by atoms with van der Waals surface area (Å²) >= 11 is 0.859. The number of nitrogens with zero attached hydrogens (tertiary/aromatic N) is 4. The zero-order chi connectivity index (χ0) is 35.3. The van der Waals surface area contributed by atoms with Gasteiger partial charge in [-0.1, -0.05) is 5.21 Å². The summed E-state index contributed by atoms with van der Waals surface area (Å²) < 4.78 is 71.3. The third-order valence-corrected chi connectivity index (χ3v) is 9.52. The van der Waals surface area contributed by atoms with Gasteiger partial charge in [-0.15, -0.1) is 16.9 Å². The Morgan fingerprint density at radius 3 is 2.23 bits per heavy atom. The van der Waals surface area contributed by atoms with E-state index >= 15 is 0 Å². The highest BCUT2D eigenvalue weighted by Crippen LogP contribution is 2.44. The molecule has 2 fully saturated rings. The fourth-order valence-electron chi connectivity index (χ4n) is 5.44. The first-order valence-corrected chi connectivity index (χ1v) is 16.0. The standard InChI is InChI=1S/C30H37F3N4O10S/c1-6-36(5)28(41)27(30(42)7-9-43-10-8-30)48-29-26(46-17(4)40)24(25(45-16(3)39)22(47-29)14-44-15(2)38)37-13-21(34-35-37)18-11-19(31)23(33)20(32)12-18/h11-13,22,24-27,29,42H,6-10,14H2,1-5H3/t22-,24+,25+,26-,27?,29+/m1/s1. The van der Waals surface area contributed by atoms with Crippen LogP contribution in [0.3, 0.4) is 0 Å². The van der Waals surface area contributed by atoms with Crippen molar-refractivity contribution in [2.24, 2.45) is 0 Å². The van der Waals surface area contributed by atoms with E-state index in [9.17, 15) is 37.5 Å². The van der Waals surface area contributed by atoms with Crippen LogP contribution in [0.2, 0.25) is 0 Å². The van der Waals surface area contributed by atoms with E-state index in [0.717, 1.165) is 37.2 Å². The number of esters is 3. The Labute approximate surface area is 278 Å². The number of hydrogen-bond donors (Lipinski definition) is 1. The largest absolute Gasteiger partial charge is 0.463 e. The SMILES string of the molecule is CCN(C)C(=O)C(S[C@@H]1O[C@H](COC(C)=O)[C@H](OC(C)=O)[C@H](n2cc(-c3cc(F)c(F)c(F)c3)nn2)[C@H]1OC(C)=O)C1(O)CCOCC1. The van der Waals surface area contributed by atoms with E-state index in [1.54, 1.807) is 14.0 Å². The number of amides is 1. The number of carbonyl (C=O) groups excluding carboxylic acids is 4. The van der Waals surface area contributed by atoms with Gasteiger partial charge >= 0.3 is 17.9 Å². The zero-order valence-electron chi connectivity index (χ0n) is 26.9. The van der Waals surface area contributed by atoms with Gasteiger partial charge in [0, 0.05) is 66.0 Å². The van der Waals surface area contributed by atoms with Crippen molar-refractivity contribution in [1.82, 2.24) is 19.9 Å². The maximum Gasteiger partial charge on any atom is 0.303 e. The predicted molar refractivity (Wildman–Crippen MR) is 160 cm³/mol. The van der Waals surface area contributed by atoms with Gasteiger partial charge in [0.05, 0.1) is 11.8 Å². The third kappa shape index (κ3) is 8.45. The third-order valence-electron chi connectivity index (χ3n) is 7.96. The molecule has 2 aromatic rings. The second-order valence-corrected chi connectivity index (χ2v) is 12.6. The first kappa shape index (κ1) is 37.1. The van der Waals surface area contributed by atoms with Crippen molar-refractivity contribution in [2.75, 3.05) is 33.4 Å². The number of hydrogen-bond acceptors (Lipinski definition) is 13. The highest BCUT2D eigenvalue weighted by Gasteiger charge is 2.55. The fourth-order valence-corrected chi connectivity index (χ4v) is 7.08. The van der Waals surface area contributed by atoms with Crippen molar-refractivity contribution in [1.29, 1.82) is 0 Å². The Hall–Kier alpha value is -3.74. The van der Waals surface area contributed by atoms with Crippen LogP contribution in [0.25, 0.3) is 11.3 Å². The molecule has 18 heteroatoms. The van der Waals surface area contributed by atoms with E-state index in [0.29, 0.717) is 18.7 Å². The van der Waals surface area contributed by atoms with E-state index in [1.807, 2.05) is 0 Å². The summed E-state index contributed by atoms with van der Waals surface area (Å²) in [4.78, 5) is 52.0. The van der Waals surface area contributed by atoms with E-state index in [1.165, 1.54) is 11.1 Å². The number of rotatable bonds is 11. The van der Waals surface area contributed by atoms with Gasteiger partial charge in [-0.05, 0) is 19.1 Å². The summed E-state index contributed by atoms with van der Waals surface area (Å²) in [7, 11) is 1.56. The quantitative estimate of drug-likeness (QED) is 0.206. The molecule has 0 bridgehead atoms. The van der Waals surface area contributed by atoms with Crippen molar-refractivity contribution >= 4 is 35.6 Å². The summed E-state index contributed by atoms with van der Waals surface area (Å²) in [6, 6.07) is 0.118. The van der Waals surface area contributed by atoms with Crippen LogP contribution in [0.5, 0.6) is 0 Å². The molecule has 0 radical (unpaired) electrons. The van der Waals surface area contributed by atoms with E-state index in [4.69, 9.17) is 23.7 Å². The average molecular weight is 703 g/mol. The lowest BCUT2D eigenvalue weighted by atomic mass is 9.89. The molecular weight excluding hydrogens is 665 g/mol. The van der Waals surface area contributed by atoms with Gasteiger partial charge < -0.3 is 33.7 Å². The first-order chi connectivity index (χ1) is 22.6. The molecule has 264 valence electrons. The number of aliphatic hydroxyl groups is 1. The van der Waals surface area contributed by atoms with Crippen LogP contribution >= 0.6 is 11.8 Å². The predicted octanol–water partition coefficient (Wildman–Crippen LogP) is 2.18. The van der Waals surface area contributed by atoms with E-state index < -0.39 is 88.5 Å². The molecule has 1 unspecified atom stereocenters. The monoisotopic (exact) mass is 702 g/mol. The number of thioether (sulfide) groups is 1. The Bertz CT molecular complexity index is 1480. The molecule has 0 saturated carbocycles. The minimum atomic E-state index is -1.68. The van der Waals surface area contributed by atoms with Crippen molar-refractivity contribution < 1.29 is 61.1 Å². The molecule has 2 aliphatic rings. The van der Waals surface area contributed by atoms with Gasteiger partial charge in [0.1, 0.15) is 35.1 Å². The Kier molecular flexibility index (Phi) is 12.1. The van der Waals surface area contributed by atoms with Gasteiger partial charge in [0.25, 0.3) is 0 Å². The highest BCUT2D eigenvalue weighted by atomic mass is 32.2. The molecule has 2 aliphatic heterocycles. The smallest absolute Gasteiger partial charge is 0.303 e. The zero-order valence-corrected chi connectivity index (χ0v) is 27.7. The van der Waals surface area contributed by atoms with Gasteiger partial charge in [-0.25, -0.2) is 17.9 Å². The number of benzene rings is 1. The number of aromatic nitrogens is 3. The van der Waals surface area contributed by atoms with Gasteiger partial charge in [0.2, 0.25) is 5.91 Å². The van der Waals surface area contributed by atoms with Gasteiger partial charge in [-0.3, -0.25) is 19.2 Å². The average Bonchev–Trinajstić information content (AvgIpc) is 3.51. The number of carbonyl (C=O) groups is 4. The lowest BCUT2D eigenvalue weighted by Crippen LogP contribution is -2.60. The summed E-state index contributed by atoms with van der Waals surface area (Å²) in [6.45, 7) is 5.31. The molecule has 0 aliphatic carbocycles. The normalized spacial score (nSPS) is 24.3.